The number of hydrogen-bond acceptors (Lipinski definition) is 4. The minimum absolute atomic E-state index is 0.364. The highest BCUT2D eigenvalue weighted by molar-refractivity contribution is 5.61. The topological polar surface area (TPSA) is 47.7 Å². The van der Waals surface area contributed by atoms with Crippen molar-refractivity contribution in [1.29, 1.82) is 0 Å². The summed E-state index contributed by atoms with van der Waals surface area (Å²) >= 11 is 0. The highest BCUT2D eigenvalue weighted by Crippen LogP contribution is 2.27. The molecule has 4 nitrogen and oxygen atoms in total. The van der Waals surface area contributed by atoms with E-state index < -0.39 is 0 Å². The molecular formula is C14H22N2O2. The van der Waals surface area contributed by atoms with E-state index in [0.717, 1.165) is 30.9 Å². The van der Waals surface area contributed by atoms with Gasteiger partial charge < -0.3 is 20.1 Å². The minimum atomic E-state index is 0.364. The van der Waals surface area contributed by atoms with E-state index in [9.17, 15) is 0 Å². The second-order valence-corrected chi connectivity index (χ2v) is 4.89. The average molecular weight is 250 g/mol. The molecule has 0 aromatic heterocycles. The third-order valence-corrected chi connectivity index (χ3v) is 3.23. The number of benzene rings is 1. The summed E-state index contributed by atoms with van der Waals surface area (Å²) in [5.74, 6) is 0.763. The largest absolute Gasteiger partial charge is 0.491 e. The molecule has 0 radical (unpaired) electrons. The molecule has 1 aliphatic heterocycles. The summed E-state index contributed by atoms with van der Waals surface area (Å²) in [6.07, 6.45) is 3.62. The molecule has 0 amide bonds. The van der Waals surface area contributed by atoms with Crippen LogP contribution in [0.3, 0.4) is 0 Å². The molecule has 1 aromatic rings. The lowest BCUT2D eigenvalue weighted by atomic mass is 10.2. The van der Waals surface area contributed by atoms with Crippen molar-refractivity contribution in [2.24, 2.45) is 0 Å². The molecule has 1 unspecified atom stereocenters. The smallest absolute Gasteiger partial charge is 0.144 e. The second-order valence-electron chi connectivity index (χ2n) is 4.89. The number of nitrogens with two attached hydrogens (primary N) is 1. The van der Waals surface area contributed by atoms with Crippen LogP contribution in [0.4, 0.5) is 11.4 Å². The summed E-state index contributed by atoms with van der Waals surface area (Å²) < 4.78 is 11.3. The number of ether oxygens (including phenoxy) is 2. The number of rotatable bonds is 5. The Morgan fingerprint density at radius 1 is 1.44 bits per heavy atom. The number of nitrogen functional groups attached to an aromatic ring is 1. The Morgan fingerprint density at radius 2 is 2.28 bits per heavy atom. The Labute approximate surface area is 109 Å². The SMILES string of the molecule is CN(C)c1ccc(N)c(OCCC2CCCO2)c1. The Kier molecular flexibility index (Phi) is 4.31. The van der Waals surface area contributed by atoms with Crippen LogP contribution >= 0.6 is 0 Å². The maximum atomic E-state index is 5.91. The molecule has 0 saturated carbocycles. The lowest BCUT2D eigenvalue weighted by molar-refractivity contribution is 0.0905. The fourth-order valence-corrected chi connectivity index (χ4v) is 2.10. The zero-order chi connectivity index (χ0) is 13.0. The predicted octanol–water partition coefficient (Wildman–Crippen LogP) is 2.28. The zero-order valence-corrected chi connectivity index (χ0v) is 11.2. The van der Waals surface area contributed by atoms with Gasteiger partial charge in [0.05, 0.1) is 18.4 Å². The summed E-state index contributed by atoms with van der Waals surface area (Å²) in [5.41, 5.74) is 7.69. The van der Waals surface area contributed by atoms with Crippen molar-refractivity contribution < 1.29 is 9.47 Å². The lowest BCUT2D eigenvalue weighted by Gasteiger charge is -2.16. The van der Waals surface area contributed by atoms with E-state index in [4.69, 9.17) is 15.2 Å². The monoisotopic (exact) mass is 250 g/mol. The van der Waals surface area contributed by atoms with Gasteiger partial charge in [-0.2, -0.15) is 0 Å². The van der Waals surface area contributed by atoms with Gasteiger partial charge in [-0.15, -0.1) is 0 Å². The van der Waals surface area contributed by atoms with Gasteiger partial charge in [0.2, 0.25) is 0 Å². The van der Waals surface area contributed by atoms with E-state index in [1.54, 1.807) is 0 Å². The Balaban J connectivity index is 1.89. The molecule has 0 spiro atoms. The minimum Gasteiger partial charge on any atom is -0.491 e. The van der Waals surface area contributed by atoms with Gasteiger partial charge in [-0.05, 0) is 25.0 Å². The van der Waals surface area contributed by atoms with E-state index in [0.29, 0.717) is 18.4 Å². The highest BCUT2D eigenvalue weighted by Gasteiger charge is 2.15. The van der Waals surface area contributed by atoms with Crippen LogP contribution in [0.25, 0.3) is 0 Å². The van der Waals surface area contributed by atoms with E-state index in [2.05, 4.69) is 0 Å². The van der Waals surface area contributed by atoms with Crippen LogP contribution in [-0.4, -0.2) is 33.4 Å². The van der Waals surface area contributed by atoms with Crippen molar-refractivity contribution in [3.8, 4) is 5.75 Å². The van der Waals surface area contributed by atoms with Gasteiger partial charge in [0, 0.05) is 38.9 Å². The Bertz CT molecular complexity index is 387. The zero-order valence-electron chi connectivity index (χ0n) is 11.2. The molecule has 2 N–H and O–H groups in total. The lowest BCUT2D eigenvalue weighted by Crippen LogP contribution is -2.12. The molecule has 1 heterocycles. The Hall–Kier alpha value is -1.42. The van der Waals surface area contributed by atoms with Crippen molar-refractivity contribution >= 4 is 11.4 Å². The molecule has 1 aromatic carbocycles. The normalized spacial score (nSPS) is 18.9. The fourth-order valence-electron chi connectivity index (χ4n) is 2.10. The predicted molar refractivity (Wildman–Crippen MR) is 74.3 cm³/mol. The summed E-state index contributed by atoms with van der Waals surface area (Å²) in [4.78, 5) is 2.03. The van der Waals surface area contributed by atoms with Crippen LogP contribution in [0, 0.1) is 0 Å². The van der Waals surface area contributed by atoms with Crippen LogP contribution in [0.2, 0.25) is 0 Å². The van der Waals surface area contributed by atoms with Gasteiger partial charge >= 0.3 is 0 Å². The molecule has 1 fully saturated rings. The van der Waals surface area contributed by atoms with Crippen LogP contribution < -0.4 is 15.4 Å². The second kappa shape index (κ2) is 5.96. The van der Waals surface area contributed by atoms with E-state index >= 15 is 0 Å². The van der Waals surface area contributed by atoms with Gasteiger partial charge in [-0.25, -0.2) is 0 Å². The molecule has 1 saturated heterocycles. The van der Waals surface area contributed by atoms with Gasteiger partial charge in [-0.3, -0.25) is 0 Å². The quantitative estimate of drug-likeness (QED) is 0.814. The maximum absolute atomic E-state index is 5.91. The van der Waals surface area contributed by atoms with E-state index in [1.807, 2.05) is 37.2 Å². The summed E-state index contributed by atoms with van der Waals surface area (Å²) in [5, 5.41) is 0. The standard InChI is InChI=1S/C14H22N2O2/c1-16(2)11-5-6-13(15)14(10-11)18-9-7-12-4-3-8-17-12/h5-6,10,12H,3-4,7-9,15H2,1-2H3. The van der Waals surface area contributed by atoms with Crippen molar-refractivity contribution in [3.63, 3.8) is 0 Å². The van der Waals surface area contributed by atoms with E-state index in [1.165, 1.54) is 6.42 Å². The molecule has 0 aliphatic carbocycles. The van der Waals surface area contributed by atoms with E-state index in [-0.39, 0.29) is 0 Å². The summed E-state index contributed by atoms with van der Waals surface area (Å²) in [6, 6.07) is 5.85. The van der Waals surface area contributed by atoms with Crippen molar-refractivity contribution in [2.75, 3.05) is 37.9 Å². The van der Waals surface area contributed by atoms with Crippen molar-refractivity contribution in [3.05, 3.63) is 18.2 Å². The molecule has 100 valence electrons. The number of anilines is 2. The van der Waals surface area contributed by atoms with Crippen molar-refractivity contribution in [2.45, 2.75) is 25.4 Å². The van der Waals surface area contributed by atoms with Crippen LogP contribution in [-0.2, 0) is 4.74 Å². The first-order valence-electron chi connectivity index (χ1n) is 6.48. The summed E-state index contributed by atoms with van der Waals surface area (Å²) in [7, 11) is 4.00. The molecule has 0 bridgehead atoms. The third kappa shape index (κ3) is 3.29. The summed E-state index contributed by atoms with van der Waals surface area (Å²) in [6.45, 7) is 1.55. The molecular weight excluding hydrogens is 228 g/mol. The van der Waals surface area contributed by atoms with Crippen molar-refractivity contribution in [1.82, 2.24) is 0 Å². The first-order valence-corrected chi connectivity index (χ1v) is 6.48. The van der Waals surface area contributed by atoms with Gasteiger partial charge in [0.15, 0.2) is 0 Å². The molecule has 18 heavy (non-hydrogen) atoms. The number of hydrogen-bond donors (Lipinski definition) is 1. The highest BCUT2D eigenvalue weighted by atomic mass is 16.5. The Morgan fingerprint density at radius 3 is 2.94 bits per heavy atom. The van der Waals surface area contributed by atoms with Crippen LogP contribution in [0.1, 0.15) is 19.3 Å². The number of nitrogens with zero attached hydrogens (tertiary/aromatic N) is 1. The molecule has 1 atom stereocenters. The fraction of sp³-hybridized carbons (Fsp3) is 0.571. The maximum Gasteiger partial charge on any atom is 0.144 e. The molecule has 1 aliphatic rings. The molecule has 4 heteroatoms. The third-order valence-electron chi connectivity index (χ3n) is 3.23. The van der Waals surface area contributed by atoms with Gasteiger partial charge in [-0.1, -0.05) is 0 Å². The van der Waals surface area contributed by atoms with Crippen LogP contribution in [0.5, 0.6) is 5.75 Å². The van der Waals surface area contributed by atoms with Gasteiger partial charge in [0.1, 0.15) is 5.75 Å². The first-order chi connectivity index (χ1) is 8.66. The first kappa shape index (κ1) is 13.0. The van der Waals surface area contributed by atoms with Crippen LogP contribution in [0.15, 0.2) is 18.2 Å². The van der Waals surface area contributed by atoms with Gasteiger partial charge in [0.25, 0.3) is 0 Å². The molecule has 2 rings (SSSR count). The average Bonchev–Trinajstić information content (AvgIpc) is 2.84.